The first kappa shape index (κ1) is 17.9. The van der Waals surface area contributed by atoms with E-state index < -0.39 is 0 Å². The molecule has 0 aromatic heterocycles. The Bertz CT molecular complexity index is 448. The minimum absolute atomic E-state index is 0.0579. The molecule has 0 amide bonds. The summed E-state index contributed by atoms with van der Waals surface area (Å²) in [5, 5.41) is 3.97. The SMILES string of the molecule is CCOC(=O)C(C(C)C)C(I)/C=N\OCc1ccccc1. The molecule has 0 aliphatic carbocycles. The zero-order valence-electron chi connectivity index (χ0n) is 12.7. The molecule has 2 unspecified atom stereocenters. The van der Waals surface area contributed by atoms with Gasteiger partial charge in [-0.1, -0.05) is 71.9 Å². The number of rotatable bonds is 8. The van der Waals surface area contributed by atoms with Crippen molar-refractivity contribution in [2.45, 2.75) is 31.3 Å². The summed E-state index contributed by atoms with van der Waals surface area (Å²) >= 11 is 2.20. The first-order chi connectivity index (χ1) is 10.1. The second-order valence-corrected chi connectivity index (χ2v) is 6.42. The lowest BCUT2D eigenvalue weighted by atomic mass is 9.93. The van der Waals surface area contributed by atoms with Crippen molar-refractivity contribution in [2.24, 2.45) is 17.0 Å². The molecule has 0 saturated carbocycles. The Morgan fingerprint density at radius 1 is 1.33 bits per heavy atom. The van der Waals surface area contributed by atoms with Gasteiger partial charge >= 0.3 is 5.97 Å². The average Bonchev–Trinajstić information content (AvgIpc) is 2.45. The van der Waals surface area contributed by atoms with E-state index in [-0.39, 0.29) is 21.7 Å². The van der Waals surface area contributed by atoms with Gasteiger partial charge in [0.2, 0.25) is 0 Å². The molecule has 1 rings (SSSR count). The first-order valence-corrected chi connectivity index (χ1v) is 8.30. The number of ether oxygens (including phenoxy) is 1. The molecule has 2 atom stereocenters. The van der Waals surface area contributed by atoms with E-state index in [4.69, 9.17) is 9.57 Å². The highest BCUT2D eigenvalue weighted by Crippen LogP contribution is 2.22. The molecule has 5 heteroatoms. The van der Waals surface area contributed by atoms with E-state index in [2.05, 4.69) is 27.7 Å². The molecular formula is C16H22INO3. The van der Waals surface area contributed by atoms with Gasteiger partial charge in [-0.2, -0.15) is 0 Å². The lowest BCUT2D eigenvalue weighted by molar-refractivity contribution is -0.148. The molecule has 1 aromatic rings. The molecule has 1 aromatic carbocycles. The van der Waals surface area contributed by atoms with Gasteiger partial charge in [0.1, 0.15) is 6.61 Å². The van der Waals surface area contributed by atoms with Crippen LogP contribution in [0.15, 0.2) is 35.5 Å². The summed E-state index contributed by atoms with van der Waals surface area (Å²) < 4.78 is 5.06. The highest BCUT2D eigenvalue weighted by Gasteiger charge is 2.29. The van der Waals surface area contributed by atoms with Crippen molar-refractivity contribution in [3.8, 4) is 0 Å². The molecule has 0 fully saturated rings. The van der Waals surface area contributed by atoms with Gasteiger partial charge in [0.15, 0.2) is 0 Å². The topological polar surface area (TPSA) is 47.9 Å². The molecule has 0 heterocycles. The minimum Gasteiger partial charge on any atom is -0.466 e. The predicted molar refractivity (Wildman–Crippen MR) is 92.5 cm³/mol. The van der Waals surface area contributed by atoms with Crippen molar-refractivity contribution < 1.29 is 14.4 Å². The van der Waals surface area contributed by atoms with Gasteiger partial charge in [0.25, 0.3) is 0 Å². The van der Waals surface area contributed by atoms with Crippen LogP contribution in [0.4, 0.5) is 0 Å². The molecule has 21 heavy (non-hydrogen) atoms. The zero-order valence-corrected chi connectivity index (χ0v) is 14.8. The van der Waals surface area contributed by atoms with Crippen molar-refractivity contribution in [3.63, 3.8) is 0 Å². The highest BCUT2D eigenvalue weighted by molar-refractivity contribution is 14.1. The van der Waals surface area contributed by atoms with Crippen LogP contribution in [0.5, 0.6) is 0 Å². The van der Waals surface area contributed by atoms with Gasteiger partial charge in [0.05, 0.1) is 22.7 Å². The number of nitrogens with zero attached hydrogens (tertiary/aromatic N) is 1. The Morgan fingerprint density at radius 3 is 2.57 bits per heavy atom. The Morgan fingerprint density at radius 2 is 2.00 bits per heavy atom. The molecule has 116 valence electrons. The number of esters is 1. The fourth-order valence-electron chi connectivity index (χ4n) is 1.89. The van der Waals surface area contributed by atoms with Crippen molar-refractivity contribution in [3.05, 3.63) is 35.9 Å². The van der Waals surface area contributed by atoms with Crippen LogP contribution >= 0.6 is 22.6 Å². The van der Waals surface area contributed by atoms with Gasteiger partial charge in [-0.15, -0.1) is 0 Å². The van der Waals surface area contributed by atoms with Crippen LogP contribution < -0.4 is 0 Å². The van der Waals surface area contributed by atoms with Crippen molar-refractivity contribution in [1.29, 1.82) is 0 Å². The van der Waals surface area contributed by atoms with E-state index in [1.165, 1.54) is 0 Å². The molecule has 0 radical (unpaired) electrons. The summed E-state index contributed by atoms with van der Waals surface area (Å²) in [5.74, 6) is -0.206. The molecule has 0 saturated heterocycles. The average molecular weight is 403 g/mol. The number of carbonyl (C=O) groups excluding carboxylic acids is 1. The van der Waals surface area contributed by atoms with E-state index in [1.54, 1.807) is 6.21 Å². The van der Waals surface area contributed by atoms with Crippen molar-refractivity contribution >= 4 is 34.8 Å². The van der Waals surface area contributed by atoms with E-state index in [1.807, 2.05) is 51.1 Å². The molecule has 0 bridgehead atoms. The summed E-state index contributed by atoms with van der Waals surface area (Å²) in [6.07, 6.45) is 1.67. The summed E-state index contributed by atoms with van der Waals surface area (Å²) in [5.41, 5.74) is 1.06. The lowest BCUT2D eigenvalue weighted by Gasteiger charge is -2.21. The Balaban J connectivity index is 2.50. The summed E-state index contributed by atoms with van der Waals surface area (Å²) in [4.78, 5) is 17.2. The number of hydrogen-bond acceptors (Lipinski definition) is 4. The molecule has 0 spiro atoms. The number of halogens is 1. The maximum Gasteiger partial charge on any atom is 0.310 e. The molecule has 4 nitrogen and oxygen atoms in total. The standard InChI is InChI=1S/C16H22INO3/c1-4-20-16(19)15(12(2)3)14(17)10-18-21-11-13-8-6-5-7-9-13/h5-10,12,14-15H,4,11H2,1-3H3/b18-10-. The lowest BCUT2D eigenvalue weighted by Crippen LogP contribution is -2.31. The highest BCUT2D eigenvalue weighted by atomic mass is 127. The van der Waals surface area contributed by atoms with Gasteiger partial charge in [0, 0.05) is 0 Å². The van der Waals surface area contributed by atoms with Crippen LogP contribution in [-0.4, -0.2) is 22.7 Å². The quantitative estimate of drug-likeness (QED) is 0.218. The fraction of sp³-hybridized carbons (Fsp3) is 0.500. The van der Waals surface area contributed by atoms with E-state index in [0.29, 0.717) is 13.2 Å². The van der Waals surface area contributed by atoms with Crippen LogP contribution in [0.2, 0.25) is 0 Å². The summed E-state index contributed by atoms with van der Waals surface area (Å²) in [6, 6.07) is 9.83. The third-order valence-corrected chi connectivity index (χ3v) is 4.07. The van der Waals surface area contributed by atoms with Gasteiger partial charge in [-0.05, 0) is 18.4 Å². The number of benzene rings is 1. The van der Waals surface area contributed by atoms with Crippen LogP contribution in [0.1, 0.15) is 26.3 Å². The van der Waals surface area contributed by atoms with Crippen LogP contribution in [0, 0.1) is 11.8 Å². The summed E-state index contributed by atoms with van der Waals surface area (Å²) in [6.45, 7) is 6.64. The van der Waals surface area contributed by atoms with E-state index in [0.717, 1.165) is 5.56 Å². The number of hydrogen-bond donors (Lipinski definition) is 0. The maximum atomic E-state index is 12.0. The largest absolute Gasteiger partial charge is 0.466 e. The second kappa shape index (κ2) is 9.76. The predicted octanol–water partition coefficient (Wildman–Crippen LogP) is 3.83. The van der Waals surface area contributed by atoms with Gasteiger partial charge in [-0.3, -0.25) is 4.79 Å². The van der Waals surface area contributed by atoms with E-state index >= 15 is 0 Å². The molecular weight excluding hydrogens is 381 g/mol. The number of oxime groups is 1. The van der Waals surface area contributed by atoms with Crippen LogP contribution in [0.25, 0.3) is 0 Å². The van der Waals surface area contributed by atoms with Crippen LogP contribution in [-0.2, 0) is 21.0 Å². The van der Waals surface area contributed by atoms with Crippen molar-refractivity contribution in [1.82, 2.24) is 0 Å². The monoisotopic (exact) mass is 403 g/mol. The summed E-state index contributed by atoms with van der Waals surface area (Å²) in [7, 11) is 0. The second-order valence-electron chi connectivity index (χ2n) is 4.98. The molecule has 0 N–H and O–H groups in total. The Hall–Kier alpha value is -1.11. The minimum atomic E-state index is -0.213. The normalized spacial score (nSPS) is 14.1. The fourth-order valence-corrected chi connectivity index (χ4v) is 3.14. The third kappa shape index (κ3) is 6.46. The van der Waals surface area contributed by atoms with Gasteiger partial charge < -0.3 is 9.57 Å². The Kier molecular flexibility index (Phi) is 8.34. The van der Waals surface area contributed by atoms with Crippen molar-refractivity contribution in [2.75, 3.05) is 6.61 Å². The van der Waals surface area contributed by atoms with Gasteiger partial charge in [-0.25, -0.2) is 0 Å². The Labute approximate surface area is 140 Å². The molecule has 0 aliphatic rings. The maximum absolute atomic E-state index is 12.0. The molecule has 0 aliphatic heterocycles. The third-order valence-electron chi connectivity index (χ3n) is 2.97. The van der Waals surface area contributed by atoms with Crippen LogP contribution in [0.3, 0.4) is 0 Å². The number of carbonyl (C=O) groups is 1. The first-order valence-electron chi connectivity index (χ1n) is 7.06. The zero-order chi connectivity index (χ0) is 15.7. The smallest absolute Gasteiger partial charge is 0.310 e. The van der Waals surface area contributed by atoms with E-state index in [9.17, 15) is 4.79 Å². The number of alkyl halides is 1.